The van der Waals surface area contributed by atoms with Gasteiger partial charge in [-0.1, -0.05) is 35.4 Å². The van der Waals surface area contributed by atoms with Crippen molar-refractivity contribution in [2.45, 2.75) is 33.0 Å². The fourth-order valence-electron chi connectivity index (χ4n) is 4.60. The molecule has 0 bridgehead atoms. The summed E-state index contributed by atoms with van der Waals surface area (Å²) in [6, 6.07) is 17.0. The van der Waals surface area contributed by atoms with Gasteiger partial charge in [0.15, 0.2) is 0 Å². The van der Waals surface area contributed by atoms with Crippen molar-refractivity contribution in [1.29, 1.82) is 0 Å². The largest absolute Gasteiger partial charge is 0.449 e. The number of benzene rings is 3. The van der Waals surface area contributed by atoms with Crippen LogP contribution in [0.15, 0.2) is 71.7 Å². The van der Waals surface area contributed by atoms with Crippen LogP contribution in [-0.2, 0) is 19.1 Å². The zero-order chi connectivity index (χ0) is 26.3. The van der Waals surface area contributed by atoms with E-state index in [1.807, 2.05) is 44.2 Å². The number of carbonyl (C=O) groups is 1. The summed E-state index contributed by atoms with van der Waals surface area (Å²) in [4.78, 5) is 33.0. The van der Waals surface area contributed by atoms with Crippen molar-refractivity contribution < 1.29 is 18.0 Å². The number of fused-ring (bicyclic) bond motifs is 2. The van der Waals surface area contributed by atoms with E-state index in [1.54, 1.807) is 18.3 Å². The summed E-state index contributed by atoms with van der Waals surface area (Å²) in [5, 5.41) is 3.60. The van der Waals surface area contributed by atoms with E-state index in [-0.39, 0.29) is 29.8 Å². The molecule has 2 heterocycles. The standard InChI is InChI=1S/C28H23F3N4O2/c1-16-11-17(2)13-19(12-16)25(36)33-20-7-8-24-22(14-20)26(37)35(27(34-24)28(29,30)31)10-9-18-15-32-23-6-4-3-5-21(18)23/h3-8,11-15,32H,9-10H2,1-2H3,(H,33,36). The van der Waals surface area contributed by atoms with Gasteiger partial charge in [-0.2, -0.15) is 13.2 Å². The maximum absolute atomic E-state index is 13.9. The van der Waals surface area contributed by atoms with Crippen LogP contribution in [0, 0.1) is 13.8 Å². The second-order valence-corrected chi connectivity index (χ2v) is 9.06. The molecule has 9 heteroatoms. The zero-order valence-electron chi connectivity index (χ0n) is 20.1. The second-order valence-electron chi connectivity index (χ2n) is 9.06. The molecule has 37 heavy (non-hydrogen) atoms. The third-order valence-corrected chi connectivity index (χ3v) is 6.23. The smallest absolute Gasteiger partial charge is 0.361 e. The normalized spacial score (nSPS) is 11.8. The molecule has 0 aliphatic carbocycles. The molecule has 5 aromatic rings. The molecule has 0 saturated carbocycles. The highest BCUT2D eigenvalue weighted by Gasteiger charge is 2.37. The molecule has 1 amide bonds. The molecule has 6 nitrogen and oxygen atoms in total. The SMILES string of the molecule is Cc1cc(C)cc(C(=O)Nc2ccc3nc(C(F)(F)F)n(CCc4c[nH]c5ccccc45)c(=O)c3c2)c1. The van der Waals surface area contributed by atoms with Gasteiger partial charge in [-0.25, -0.2) is 4.98 Å². The summed E-state index contributed by atoms with van der Waals surface area (Å²) in [7, 11) is 0. The van der Waals surface area contributed by atoms with Crippen molar-refractivity contribution in [3.05, 3.63) is 105 Å². The highest BCUT2D eigenvalue weighted by molar-refractivity contribution is 6.05. The van der Waals surface area contributed by atoms with Crippen LogP contribution >= 0.6 is 0 Å². The minimum atomic E-state index is -4.82. The number of halogens is 3. The first kappa shape index (κ1) is 24.3. The number of hydrogen-bond acceptors (Lipinski definition) is 3. The maximum atomic E-state index is 13.9. The van der Waals surface area contributed by atoms with Gasteiger partial charge in [0.25, 0.3) is 11.5 Å². The molecule has 0 saturated heterocycles. The van der Waals surface area contributed by atoms with Crippen LogP contribution in [-0.4, -0.2) is 20.4 Å². The Balaban J connectivity index is 1.51. The molecule has 3 aromatic carbocycles. The molecule has 0 aliphatic heterocycles. The van der Waals surface area contributed by atoms with Crippen molar-refractivity contribution in [3.8, 4) is 0 Å². The van der Waals surface area contributed by atoms with Crippen LogP contribution in [0.4, 0.5) is 18.9 Å². The van der Waals surface area contributed by atoms with Crippen LogP contribution in [0.2, 0.25) is 0 Å². The monoisotopic (exact) mass is 504 g/mol. The van der Waals surface area contributed by atoms with E-state index in [2.05, 4.69) is 15.3 Å². The van der Waals surface area contributed by atoms with Crippen LogP contribution in [0.3, 0.4) is 0 Å². The number of nitrogens with zero attached hydrogens (tertiary/aromatic N) is 2. The average molecular weight is 505 g/mol. The number of rotatable bonds is 5. The Bertz CT molecular complexity index is 1700. The molecule has 0 unspecified atom stereocenters. The van der Waals surface area contributed by atoms with E-state index in [0.717, 1.165) is 27.6 Å². The predicted octanol–water partition coefficient (Wildman–Crippen LogP) is 6.01. The molecule has 0 aliphatic rings. The lowest BCUT2D eigenvalue weighted by atomic mass is 10.1. The maximum Gasteiger partial charge on any atom is 0.449 e. The third kappa shape index (κ3) is 4.84. The van der Waals surface area contributed by atoms with Crippen LogP contribution in [0.25, 0.3) is 21.8 Å². The molecule has 0 atom stereocenters. The number of anilines is 1. The minimum Gasteiger partial charge on any atom is -0.361 e. The number of aromatic nitrogens is 3. The highest BCUT2D eigenvalue weighted by atomic mass is 19.4. The van der Waals surface area contributed by atoms with Crippen molar-refractivity contribution in [3.63, 3.8) is 0 Å². The van der Waals surface area contributed by atoms with Gasteiger partial charge >= 0.3 is 6.18 Å². The molecule has 0 fully saturated rings. The van der Waals surface area contributed by atoms with Gasteiger partial charge in [-0.3, -0.25) is 14.2 Å². The van der Waals surface area contributed by atoms with Gasteiger partial charge in [-0.15, -0.1) is 0 Å². The molecule has 2 N–H and O–H groups in total. The summed E-state index contributed by atoms with van der Waals surface area (Å²) in [6.45, 7) is 3.54. The molecular weight excluding hydrogens is 481 g/mol. The van der Waals surface area contributed by atoms with E-state index in [4.69, 9.17) is 0 Å². The Kier molecular flexibility index (Phi) is 6.07. The number of amides is 1. The van der Waals surface area contributed by atoms with E-state index >= 15 is 0 Å². The second kappa shape index (κ2) is 9.24. The van der Waals surface area contributed by atoms with Gasteiger partial charge in [0, 0.05) is 34.9 Å². The lowest BCUT2D eigenvalue weighted by molar-refractivity contribution is -0.148. The third-order valence-electron chi connectivity index (χ3n) is 6.23. The summed E-state index contributed by atoms with van der Waals surface area (Å²) < 4.78 is 42.3. The van der Waals surface area contributed by atoms with E-state index in [0.29, 0.717) is 15.8 Å². The first-order chi connectivity index (χ1) is 17.6. The molecule has 0 radical (unpaired) electrons. The van der Waals surface area contributed by atoms with Crippen molar-refractivity contribution >= 4 is 33.4 Å². The van der Waals surface area contributed by atoms with Gasteiger partial charge in [-0.05, 0) is 62.2 Å². The number of nitrogens with one attached hydrogen (secondary N) is 2. The number of H-pyrrole nitrogens is 1. The van der Waals surface area contributed by atoms with Crippen molar-refractivity contribution in [2.24, 2.45) is 0 Å². The minimum absolute atomic E-state index is 0.00912. The van der Waals surface area contributed by atoms with Gasteiger partial charge in [0.1, 0.15) is 0 Å². The van der Waals surface area contributed by atoms with E-state index in [9.17, 15) is 22.8 Å². The lowest BCUT2D eigenvalue weighted by Gasteiger charge is -2.16. The number of aromatic amines is 1. The number of alkyl halides is 3. The van der Waals surface area contributed by atoms with Gasteiger partial charge in [0.05, 0.1) is 10.9 Å². The Morgan fingerprint density at radius 2 is 1.73 bits per heavy atom. The van der Waals surface area contributed by atoms with Crippen LogP contribution in [0.5, 0.6) is 0 Å². The Morgan fingerprint density at radius 1 is 1.00 bits per heavy atom. The fraction of sp³-hybridized carbons (Fsp3) is 0.179. The predicted molar refractivity (Wildman–Crippen MR) is 137 cm³/mol. The van der Waals surface area contributed by atoms with Crippen molar-refractivity contribution in [1.82, 2.24) is 14.5 Å². The molecule has 0 spiro atoms. The Labute approximate surface area is 209 Å². The van der Waals surface area contributed by atoms with E-state index < -0.39 is 17.6 Å². The summed E-state index contributed by atoms with van der Waals surface area (Å²) in [5.74, 6) is -1.64. The number of aryl methyl sites for hydroxylation is 3. The Morgan fingerprint density at radius 3 is 2.46 bits per heavy atom. The first-order valence-corrected chi connectivity index (χ1v) is 11.7. The Hall–Kier alpha value is -4.40. The number of hydrogen-bond donors (Lipinski definition) is 2. The van der Waals surface area contributed by atoms with Crippen molar-refractivity contribution in [2.75, 3.05) is 5.32 Å². The lowest BCUT2D eigenvalue weighted by Crippen LogP contribution is -2.30. The molecular formula is C28H23F3N4O2. The zero-order valence-corrected chi connectivity index (χ0v) is 20.1. The molecule has 2 aromatic heterocycles. The summed E-state index contributed by atoms with van der Waals surface area (Å²) in [5.41, 5.74) is 3.32. The van der Waals surface area contributed by atoms with Crippen LogP contribution < -0.4 is 10.9 Å². The van der Waals surface area contributed by atoms with Gasteiger partial charge < -0.3 is 10.3 Å². The topological polar surface area (TPSA) is 79.8 Å². The highest BCUT2D eigenvalue weighted by Crippen LogP contribution is 2.29. The summed E-state index contributed by atoms with van der Waals surface area (Å²) in [6.07, 6.45) is -2.88. The fourth-order valence-corrected chi connectivity index (χ4v) is 4.60. The first-order valence-electron chi connectivity index (χ1n) is 11.7. The number of carbonyl (C=O) groups excluding carboxylic acids is 1. The molecule has 5 rings (SSSR count). The van der Waals surface area contributed by atoms with Gasteiger partial charge in [0.2, 0.25) is 5.82 Å². The summed E-state index contributed by atoms with van der Waals surface area (Å²) >= 11 is 0. The van der Waals surface area contributed by atoms with E-state index in [1.165, 1.54) is 18.2 Å². The average Bonchev–Trinajstić information content (AvgIpc) is 3.25. The quantitative estimate of drug-likeness (QED) is 0.308. The molecule has 188 valence electrons. The van der Waals surface area contributed by atoms with Crippen LogP contribution in [0.1, 0.15) is 32.9 Å². The number of para-hydroxylation sites is 1.